The number of carbonyl (C=O) groups excluding carboxylic acids is 1. The van der Waals surface area contributed by atoms with E-state index in [2.05, 4.69) is 10.3 Å². The van der Waals surface area contributed by atoms with Crippen LogP contribution in [0.5, 0.6) is 0 Å². The molecule has 6 heteroatoms. The molecule has 22 heavy (non-hydrogen) atoms. The molecular weight excluding hydrogens is 279 g/mol. The molecule has 0 saturated carbocycles. The number of amides is 1. The molecule has 1 saturated heterocycles. The second-order valence-electron chi connectivity index (χ2n) is 7.24. The Kier molecular flexibility index (Phi) is 4.63. The maximum atomic E-state index is 11.9. The first-order valence-corrected chi connectivity index (χ1v) is 7.71. The number of pyridine rings is 1. The van der Waals surface area contributed by atoms with Gasteiger partial charge in [-0.25, -0.2) is 0 Å². The van der Waals surface area contributed by atoms with E-state index < -0.39 is 18.3 Å². The van der Waals surface area contributed by atoms with Gasteiger partial charge in [0.05, 0.1) is 23.1 Å². The first kappa shape index (κ1) is 17.0. The number of rotatable bonds is 4. The van der Waals surface area contributed by atoms with Crippen molar-refractivity contribution >= 4 is 24.2 Å². The number of anilines is 1. The predicted octanol–water partition coefficient (Wildman–Crippen LogP) is 2.37. The Morgan fingerprint density at radius 3 is 2.36 bits per heavy atom. The number of hydrogen-bond donors (Lipinski definition) is 1. The van der Waals surface area contributed by atoms with Crippen molar-refractivity contribution in [1.29, 1.82) is 0 Å². The quantitative estimate of drug-likeness (QED) is 0.868. The molecule has 2 heterocycles. The number of aromatic nitrogens is 1. The minimum absolute atomic E-state index is 0.0112. The van der Waals surface area contributed by atoms with Gasteiger partial charge in [0.15, 0.2) is 0 Å². The van der Waals surface area contributed by atoms with Crippen LogP contribution in [0, 0.1) is 5.92 Å². The van der Waals surface area contributed by atoms with Crippen LogP contribution >= 0.6 is 0 Å². The van der Waals surface area contributed by atoms with Gasteiger partial charge in [-0.05, 0) is 39.7 Å². The Balaban J connectivity index is 2.11. The van der Waals surface area contributed by atoms with Crippen LogP contribution in [0.3, 0.4) is 0 Å². The number of nitrogens with zero attached hydrogens (tertiary/aromatic N) is 1. The largest absolute Gasteiger partial charge is 0.496 e. The monoisotopic (exact) mass is 304 g/mol. The fraction of sp³-hybridized carbons (Fsp3) is 0.625. The lowest BCUT2D eigenvalue weighted by molar-refractivity contribution is -0.116. The zero-order valence-corrected chi connectivity index (χ0v) is 14.3. The smallest absolute Gasteiger partial charge is 0.399 e. The van der Waals surface area contributed by atoms with E-state index >= 15 is 0 Å². The molecule has 120 valence electrons. The summed E-state index contributed by atoms with van der Waals surface area (Å²) in [4.78, 5) is 16.0. The summed E-state index contributed by atoms with van der Waals surface area (Å²) in [6.45, 7) is 12.1. The highest BCUT2D eigenvalue weighted by molar-refractivity contribution is 6.62. The van der Waals surface area contributed by atoms with Crippen molar-refractivity contribution in [3.63, 3.8) is 0 Å². The molecule has 5 nitrogen and oxygen atoms in total. The van der Waals surface area contributed by atoms with Gasteiger partial charge in [0.25, 0.3) is 0 Å². The third-order valence-corrected chi connectivity index (χ3v) is 4.16. The second kappa shape index (κ2) is 6.01. The maximum Gasteiger partial charge on any atom is 0.496 e. The molecule has 0 unspecified atom stereocenters. The van der Waals surface area contributed by atoms with Crippen molar-refractivity contribution in [3.8, 4) is 0 Å². The maximum absolute atomic E-state index is 11.9. The summed E-state index contributed by atoms with van der Waals surface area (Å²) in [5, 5.41) is 2.87. The highest BCUT2D eigenvalue weighted by Gasteiger charge is 2.51. The van der Waals surface area contributed by atoms with E-state index in [1.807, 2.05) is 47.6 Å². The molecule has 1 amide bonds. The third kappa shape index (κ3) is 3.68. The van der Waals surface area contributed by atoms with Gasteiger partial charge < -0.3 is 14.6 Å². The van der Waals surface area contributed by atoms with Gasteiger partial charge in [-0.3, -0.25) is 9.78 Å². The van der Waals surface area contributed by atoms with Crippen LogP contribution in [0.4, 0.5) is 5.69 Å². The summed E-state index contributed by atoms with van der Waals surface area (Å²) < 4.78 is 12.0. The summed E-state index contributed by atoms with van der Waals surface area (Å²) >= 11 is 0. The van der Waals surface area contributed by atoms with Gasteiger partial charge in [0, 0.05) is 18.1 Å². The van der Waals surface area contributed by atoms with E-state index in [1.54, 1.807) is 12.4 Å². The fourth-order valence-corrected chi connectivity index (χ4v) is 2.22. The molecule has 1 fully saturated rings. The molecule has 1 N–H and O–H groups in total. The van der Waals surface area contributed by atoms with Crippen LogP contribution < -0.4 is 10.8 Å². The highest BCUT2D eigenvalue weighted by Crippen LogP contribution is 2.36. The van der Waals surface area contributed by atoms with Crippen LogP contribution in [0.15, 0.2) is 18.5 Å². The number of carbonyl (C=O) groups is 1. The van der Waals surface area contributed by atoms with E-state index in [0.717, 1.165) is 5.46 Å². The summed E-state index contributed by atoms with van der Waals surface area (Å²) in [7, 11) is -0.473. The summed E-state index contributed by atoms with van der Waals surface area (Å²) in [6, 6.07) is 1.85. The molecule has 2 rings (SSSR count). The molecule has 0 bridgehead atoms. The van der Waals surface area contributed by atoms with Crippen molar-refractivity contribution in [2.75, 3.05) is 5.32 Å². The first-order valence-electron chi connectivity index (χ1n) is 7.71. The molecule has 0 aliphatic carbocycles. The number of hydrogen-bond acceptors (Lipinski definition) is 4. The van der Waals surface area contributed by atoms with Crippen LogP contribution in [0.25, 0.3) is 0 Å². The van der Waals surface area contributed by atoms with E-state index in [0.29, 0.717) is 18.0 Å². The average molecular weight is 304 g/mol. The third-order valence-electron chi connectivity index (χ3n) is 4.16. The molecule has 1 aromatic heterocycles. The van der Waals surface area contributed by atoms with Crippen LogP contribution in [-0.4, -0.2) is 29.2 Å². The SMILES string of the molecule is CC(C)CC(=O)Nc1cncc(B2OC(C)(C)C(C)(C)O2)c1. The summed E-state index contributed by atoms with van der Waals surface area (Å²) in [5.74, 6) is 0.308. The van der Waals surface area contributed by atoms with E-state index in [1.165, 1.54) is 0 Å². The van der Waals surface area contributed by atoms with Crippen molar-refractivity contribution in [3.05, 3.63) is 18.5 Å². The standard InChI is InChI=1S/C16H25BN2O3/c1-11(2)7-14(20)19-13-8-12(9-18-10-13)17-21-15(3,4)16(5,6)22-17/h8-11H,7H2,1-6H3,(H,19,20). The van der Waals surface area contributed by atoms with E-state index in [-0.39, 0.29) is 5.91 Å². The van der Waals surface area contributed by atoms with Crippen LogP contribution in [0.2, 0.25) is 0 Å². The van der Waals surface area contributed by atoms with Gasteiger partial charge >= 0.3 is 7.12 Å². The Bertz CT molecular complexity index is 542. The first-order chi connectivity index (χ1) is 10.1. The fourth-order valence-electron chi connectivity index (χ4n) is 2.22. The van der Waals surface area contributed by atoms with Gasteiger partial charge in [-0.15, -0.1) is 0 Å². The molecule has 0 spiro atoms. The minimum Gasteiger partial charge on any atom is -0.399 e. The van der Waals surface area contributed by atoms with Crippen LogP contribution in [0.1, 0.15) is 48.0 Å². The van der Waals surface area contributed by atoms with Crippen molar-refractivity contribution < 1.29 is 14.1 Å². The lowest BCUT2D eigenvalue weighted by atomic mass is 9.80. The lowest BCUT2D eigenvalue weighted by Crippen LogP contribution is -2.41. The van der Waals surface area contributed by atoms with E-state index in [9.17, 15) is 4.79 Å². The topological polar surface area (TPSA) is 60.5 Å². The Labute approximate surface area is 132 Å². The molecular formula is C16H25BN2O3. The van der Waals surface area contributed by atoms with Gasteiger partial charge in [0.2, 0.25) is 5.91 Å². The molecule has 1 aliphatic rings. The van der Waals surface area contributed by atoms with E-state index in [4.69, 9.17) is 9.31 Å². The van der Waals surface area contributed by atoms with Crippen molar-refractivity contribution in [2.24, 2.45) is 5.92 Å². The molecule has 0 atom stereocenters. The normalized spacial score (nSPS) is 19.5. The summed E-state index contributed by atoms with van der Waals surface area (Å²) in [6.07, 6.45) is 3.83. The van der Waals surface area contributed by atoms with Gasteiger partial charge in [-0.1, -0.05) is 13.8 Å². The Morgan fingerprint density at radius 2 is 1.82 bits per heavy atom. The van der Waals surface area contributed by atoms with Gasteiger partial charge in [-0.2, -0.15) is 0 Å². The van der Waals surface area contributed by atoms with Gasteiger partial charge in [0.1, 0.15) is 0 Å². The average Bonchev–Trinajstić information content (AvgIpc) is 2.57. The molecule has 1 aromatic rings. The van der Waals surface area contributed by atoms with Crippen LogP contribution in [-0.2, 0) is 14.1 Å². The molecule has 0 aromatic carbocycles. The predicted molar refractivity (Wildman–Crippen MR) is 88.0 cm³/mol. The second-order valence-corrected chi connectivity index (χ2v) is 7.24. The van der Waals surface area contributed by atoms with Crippen molar-refractivity contribution in [1.82, 2.24) is 4.98 Å². The zero-order chi connectivity index (χ0) is 16.5. The lowest BCUT2D eigenvalue weighted by Gasteiger charge is -2.32. The summed E-state index contributed by atoms with van der Waals surface area (Å²) in [5.41, 5.74) is 0.683. The zero-order valence-electron chi connectivity index (χ0n) is 14.3. The molecule has 0 radical (unpaired) electrons. The minimum atomic E-state index is -0.473. The Morgan fingerprint density at radius 1 is 1.23 bits per heavy atom. The van der Waals surface area contributed by atoms with Crippen molar-refractivity contribution in [2.45, 2.75) is 59.2 Å². The Hall–Kier alpha value is -1.40. The molecule has 1 aliphatic heterocycles. The number of nitrogens with one attached hydrogen (secondary N) is 1. The highest BCUT2D eigenvalue weighted by atomic mass is 16.7.